The van der Waals surface area contributed by atoms with Crippen LogP contribution in [0.5, 0.6) is 5.75 Å². The first kappa shape index (κ1) is 32.2. The van der Waals surface area contributed by atoms with Gasteiger partial charge < -0.3 is 20.1 Å². The highest BCUT2D eigenvalue weighted by Crippen LogP contribution is 2.38. The van der Waals surface area contributed by atoms with Crippen LogP contribution in [0.25, 0.3) is 11.0 Å². The van der Waals surface area contributed by atoms with Gasteiger partial charge in [0.1, 0.15) is 5.69 Å². The molecule has 0 saturated carbocycles. The number of fused-ring (bicyclic) bond motifs is 1. The summed E-state index contributed by atoms with van der Waals surface area (Å²) in [6.45, 7) is 11.7. The van der Waals surface area contributed by atoms with Gasteiger partial charge in [0.15, 0.2) is 15.6 Å². The van der Waals surface area contributed by atoms with Gasteiger partial charge in [-0.1, -0.05) is 17.1 Å². The summed E-state index contributed by atoms with van der Waals surface area (Å²) in [4.78, 5) is 24.8. The Morgan fingerprint density at radius 2 is 1.84 bits per heavy atom. The molecule has 0 amide bonds. The molecule has 1 aliphatic rings. The van der Waals surface area contributed by atoms with Crippen LogP contribution in [0.4, 0.5) is 23.1 Å². The van der Waals surface area contributed by atoms with Crippen molar-refractivity contribution in [2.24, 2.45) is 0 Å². The van der Waals surface area contributed by atoms with E-state index in [1.54, 1.807) is 44.3 Å². The number of benzene rings is 2. The predicted octanol–water partition coefficient (Wildman–Crippen LogP) is 5.80. The number of aromatic amines is 2. The number of aryl methyl sites for hydroxylation is 1. The van der Waals surface area contributed by atoms with E-state index in [2.05, 4.69) is 44.6 Å². The molecule has 0 atom stereocenters. The Morgan fingerprint density at radius 3 is 2.53 bits per heavy atom. The molecule has 5 rings (SSSR count). The maximum absolute atomic E-state index is 13.1. The fourth-order valence-corrected chi connectivity index (χ4v) is 6.99. The molecule has 0 spiro atoms. The van der Waals surface area contributed by atoms with Crippen LogP contribution in [-0.2, 0) is 14.6 Å². The number of hydrogen-bond donors (Lipinski definition) is 4. The normalized spacial score (nSPS) is 14.7. The van der Waals surface area contributed by atoms with Crippen LogP contribution in [-0.4, -0.2) is 65.3 Å². The van der Waals surface area contributed by atoms with Gasteiger partial charge in [0, 0.05) is 12.7 Å². The van der Waals surface area contributed by atoms with E-state index in [1.165, 1.54) is 5.56 Å². The van der Waals surface area contributed by atoms with E-state index in [-0.39, 0.29) is 17.4 Å². The number of aliphatic carboxylic acids is 1. The van der Waals surface area contributed by atoms with E-state index in [0.717, 1.165) is 42.6 Å². The zero-order valence-electron chi connectivity index (χ0n) is 26.5. The highest BCUT2D eigenvalue weighted by atomic mass is 32.2. The number of sulfone groups is 1. The van der Waals surface area contributed by atoms with Crippen molar-refractivity contribution < 1.29 is 28.0 Å². The third kappa shape index (κ3) is 7.39. The topological polar surface area (TPSA) is 151 Å². The van der Waals surface area contributed by atoms with Gasteiger partial charge in [-0.3, -0.25) is 15.1 Å². The standard InChI is InChI=1S/C33H42N6O5S/c1-20(2)44-28-19-25(23-11-15-39(16-12-23)17-13-30(40)41)22(5)18-27(28)36-33-37-31-24(10-14-34-31)32(38-33)35-26-8-6-7-9-29(26)45(42,43)21(3)4/h6-10,14,18-21,23H,11-13,15-17H2,1-5H3,(H,40,41)(H3,34,35,36,37,38)/p+1. The molecule has 2 aromatic carbocycles. The number of rotatable bonds is 12. The summed E-state index contributed by atoms with van der Waals surface area (Å²) in [5, 5.41) is 15.9. The predicted molar refractivity (Wildman–Crippen MR) is 176 cm³/mol. The number of likely N-dealkylation sites (tertiary alicyclic amines) is 1. The first-order valence-corrected chi connectivity index (χ1v) is 17.0. The Labute approximate surface area is 264 Å². The number of H-pyrrole nitrogens is 2. The summed E-state index contributed by atoms with van der Waals surface area (Å²) in [5.41, 5.74) is 4.29. The van der Waals surface area contributed by atoms with Crippen molar-refractivity contribution in [1.29, 1.82) is 0 Å². The fourth-order valence-electron chi connectivity index (χ4n) is 5.78. The van der Waals surface area contributed by atoms with E-state index in [9.17, 15) is 13.2 Å². The number of aromatic nitrogens is 3. The van der Waals surface area contributed by atoms with Crippen LogP contribution in [0.1, 0.15) is 64.0 Å². The number of piperidine rings is 1. The third-order valence-corrected chi connectivity index (χ3v) is 10.4. The van der Waals surface area contributed by atoms with Gasteiger partial charge in [-0.15, -0.1) is 0 Å². The van der Waals surface area contributed by atoms with Crippen molar-refractivity contribution in [3.05, 3.63) is 59.8 Å². The lowest BCUT2D eigenvalue weighted by molar-refractivity contribution is -0.333. The number of nitrogens with zero attached hydrogens (tertiary/aromatic N) is 2. The van der Waals surface area contributed by atoms with Crippen molar-refractivity contribution in [2.75, 3.05) is 30.3 Å². The number of hydrogen-bond acceptors (Lipinski definition) is 8. The van der Waals surface area contributed by atoms with E-state index in [0.29, 0.717) is 41.3 Å². The van der Waals surface area contributed by atoms with Gasteiger partial charge >= 0.3 is 11.9 Å². The summed E-state index contributed by atoms with van der Waals surface area (Å²) in [7, 11) is -3.54. The number of anilines is 4. The molecule has 11 nitrogen and oxygen atoms in total. The number of carbonyl (C=O) groups is 1. The summed E-state index contributed by atoms with van der Waals surface area (Å²) in [5.74, 6) is 1.24. The maximum atomic E-state index is 13.1. The van der Waals surface area contributed by atoms with Gasteiger partial charge in [-0.05, 0) is 108 Å². The molecule has 0 aliphatic carbocycles. The number of carboxylic acids is 1. The molecule has 4 aromatic rings. The Morgan fingerprint density at radius 1 is 1.11 bits per heavy atom. The number of ether oxygens (including phenoxy) is 1. The van der Waals surface area contributed by atoms with Crippen molar-refractivity contribution in [3.63, 3.8) is 0 Å². The van der Waals surface area contributed by atoms with Gasteiger partial charge in [0.05, 0.1) is 33.7 Å². The second kappa shape index (κ2) is 13.5. The van der Waals surface area contributed by atoms with Crippen molar-refractivity contribution in [2.45, 2.75) is 76.0 Å². The number of nitrogens with one attached hydrogen (secondary N) is 4. The minimum Gasteiger partial charge on any atom is -0.488 e. The molecular formula is C33H43N6O5S+. The molecule has 45 heavy (non-hydrogen) atoms. The number of carboxylic acid groups (broad SMARTS) is 1. The molecule has 240 valence electrons. The van der Waals surface area contributed by atoms with Crippen LogP contribution in [0.3, 0.4) is 0 Å². The molecule has 0 unspecified atom stereocenters. The lowest BCUT2D eigenvalue weighted by Crippen LogP contribution is -2.34. The quantitative estimate of drug-likeness (QED) is 0.152. The molecule has 3 heterocycles. The summed E-state index contributed by atoms with van der Waals surface area (Å²) >= 11 is 0. The Kier molecular flexibility index (Phi) is 9.64. The zero-order valence-corrected chi connectivity index (χ0v) is 27.3. The molecule has 5 N–H and O–H groups in total. The molecule has 1 fully saturated rings. The van der Waals surface area contributed by atoms with Crippen molar-refractivity contribution in [3.8, 4) is 5.75 Å². The molecule has 0 radical (unpaired) electrons. The van der Waals surface area contributed by atoms with Crippen molar-refractivity contribution in [1.82, 2.24) is 14.9 Å². The second-order valence-corrected chi connectivity index (χ2v) is 14.6. The van der Waals surface area contributed by atoms with Crippen LogP contribution in [0.2, 0.25) is 0 Å². The van der Waals surface area contributed by atoms with Crippen LogP contribution < -0.4 is 20.4 Å². The first-order valence-electron chi connectivity index (χ1n) is 15.4. The van der Waals surface area contributed by atoms with Crippen LogP contribution in [0, 0.1) is 6.92 Å². The Balaban J connectivity index is 1.44. The van der Waals surface area contributed by atoms with Gasteiger partial charge in [-0.25, -0.2) is 13.4 Å². The lowest BCUT2D eigenvalue weighted by atomic mass is 9.86. The molecule has 1 aliphatic heterocycles. The largest absolute Gasteiger partial charge is 0.488 e. The Bertz CT molecular complexity index is 1780. The van der Waals surface area contributed by atoms with E-state index >= 15 is 0 Å². The average molecular weight is 636 g/mol. The van der Waals surface area contributed by atoms with E-state index in [4.69, 9.17) is 14.8 Å². The average Bonchev–Trinajstić information content (AvgIpc) is 3.47. The van der Waals surface area contributed by atoms with Gasteiger partial charge in [0.2, 0.25) is 11.5 Å². The smallest absolute Gasteiger partial charge is 0.351 e. The fraction of sp³-hybridized carbons (Fsp3) is 0.424. The molecule has 0 bridgehead atoms. The molecular weight excluding hydrogens is 592 g/mol. The molecule has 2 aromatic heterocycles. The van der Waals surface area contributed by atoms with Gasteiger partial charge in [0.25, 0.3) is 0 Å². The number of para-hydroxylation sites is 1. The lowest BCUT2D eigenvalue weighted by Gasteiger charge is -2.32. The van der Waals surface area contributed by atoms with Gasteiger partial charge in [-0.2, -0.15) is 0 Å². The SMILES string of the molecule is Cc1cc(Nc2nc(Nc3ccccc3S(=O)(=O)C(C)C)c3cc[nH]c3[nH+]2)c(OC(C)C)cc1C1CCN(CCC(=O)O)CC1. The zero-order chi connectivity index (χ0) is 32.3. The van der Waals surface area contributed by atoms with E-state index in [1.807, 2.05) is 19.9 Å². The second-order valence-electron chi connectivity index (χ2n) is 12.2. The molecule has 1 saturated heterocycles. The molecule has 12 heteroatoms. The third-order valence-electron chi connectivity index (χ3n) is 8.19. The van der Waals surface area contributed by atoms with Crippen LogP contribution >= 0.6 is 0 Å². The minimum absolute atomic E-state index is 0.0570. The summed E-state index contributed by atoms with van der Waals surface area (Å²) < 4.78 is 32.5. The summed E-state index contributed by atoms with van der Waals surface area (Å²) in [6.07, 6.45) is 3.81. The maximum Gasteiger partial charge on any atom is 0.351 e. The minimum atomic E-state index is -3.54. The highest BCUT2D eigenvalue weighted by molar-refractivity contribution is 7.92. The van der Waals surface area contributed by atoms with Crippen LogP contribution in [0.15, 0.2) is 53.6 Å². The first-order chi connectivity index (χ1) is 21.4. The monoisotopic (exact) mass is 635 g/mol. The highest BCUT2D eigenvalue weighted by Gasteiger charge is 2.26. The Hall–Kier alpha value is -4.16. The van der Waals surface area contributed by atoms with E-state index < -0.39 is 21.1 Å². The summed E-state index contributed by atoms with van der Waals surface area (Å²) in [6, 6.07) is 12.9. The van der Waals surface area contributed by atoms with Crippen molar-refractivity contribution >= 4 is 50.0 Å².